The Morgan fingerprint density at radius 1 is 1.10 bits per heavy atom. The summed E-state index contributed by atoms with van der Waals surface area (Å²) in [7, 11) is 0. The first kappa shape index (κ1) is 14.4. The van der Waals surface area contributed by atoms with Crippen LogP contribution in [0.3, 0.4) is 0 Å². The van der Waals surface area contributed by atoms with Gasteiger partial charge in [0.1, 0.15) is 5.15 Å². The fourth-order valence-electron chi connectivity index (χ4n) is 2.04. The van der Waals surface area contributed by atoms with Gasteiger partial charge in [-0.25, -0.2) is 4.98 Å². The molecule has 0 fully saturated rings. The van der Waals surface area contributed by atoms with Gasteiger partial charge in [-0.1, -0.05) is 41.4 Å². The molecular formula is C17H14ClNOS. The van der Waals surface area contributed by atoms with E-state index in [-0.39, 0.29) is 0 Å². The molecule has 0 saturated carbocycles. The summed E-state index contributed by atoms with van der Waals surface area (Å²) in [6.07, 6.45) is 1.72. The Kier molecular flexibility index (Phi) is 4.44. The molecule has 0 N–H and O–H groups in total. The molecule has 0 spiro atoms. The highest BCUT2D eigenvalue weighted by molar-refractivity contribution is 7.94. The molecule has 3 aromatic rings. The quantitative estimate of drug-likeness (QED) is 0.474. The zero-order chi connectivity index (χ0) is 14.7. The number of pyridine rings is 1. The number of benzene rings is 2. The molecule has 0 aliphatic heterocycles. The van der Waals surface area contributed by atoms with E-state index in [1.807, 2.05) is 18.2 Å². The SMILES string of the molecule is Cc1ccc(SOCc2ccc3c(Cl)nccc3c2)cc1. The van der Waals surface area contributed by atoms with Crippen LogP contribution >= 0.6 is 23.6 Å². The van der Waals surface area contributed by atoms with Crippen LogP contribution in [0.5, 0.6) is 0 Å². The average molecular weight is 316 g/mol. The molecule has 0 bridgehead atoms. The molecule has 0 aliphatic rings. The summed E-state index contributed by atoms with van der Waals surface area (Å²) in [5.41, 5.74) is 2.36. The minimum atomic E-state index is 0.536. The van der Waals surface area contributed by atoms with Crippen LogP contribution < -0.4 is 0 Å². The van der Waals surface area contributed by atoms with Gasteiger partial charge in [0.2, 0.25) is 0 Å². The van der Waals surface area contributed by atoms with Crippen LogP contribution in [-0.4, -0.2) is 4.98 Å². The molecule has 1 aromatic heterocycles. The Labute approximate surface area is 133 Å². The lowest BCUT2D eigenvalue weighted by Crippen LogP contribution is -1.87. The molecule has 0 unspecified atom stereocenters. The van der Waals surface area contributed by atoms with Crippen molar-refractivity contribution in [1.29, 1.82) is 0 Å². The van der Waals surface area contributed by atoms with Gasteiger partial charge in [0.05, 0.1) is 6.61 Å². The highest BCUT2D eigenvalue weighted by Crippen LogP contribution is 2.24. The Bertz CT molecular complexity index is 758. The molecule has 4 heteroatoms. The van der Waals surface area contributed by atoms with Crippen molar-refractivity contribution < 1.29 is 4.18 Å². The lowest BCUT2D eigenvalue weighted by atomic mass is 10.1. The second-order valence-electron chi connectivity index (χ2n) is 4.82. The number of halogens is 1. The molecular weight excluding hydrogens is 302 g/mol. The van der Waals surface area contributed by atoms with E-state index in [1.54, 1.807) is 6.20 Å². The van der Waals surface area contributed by atoms with Crippen LogP contribution in [0.4, 0.5) is 0 Å². The van der Waals surface area contributed by atoms with Crippen LogP contribution in [0.2, 0.25) is 5.15 Å². The van der Waals surface area contributed by atoms with Crippen LogP contribution in [0.25, 0.3) is 10.8 Å². The number of fused-ring (bicyclic) bond motifs is 1. The maximum atomic E-state index is 6.06. The predicted molar refractivity (Wildman–Crippen MR) is 88.6 cm³/mol. The number of hydrogen-bond donors (Lipinski definition) is 0. The van der Waals surface area contributed by atoms with Crippen molar-refractivity contribution >= 4 is 34.4 Å². The second-order valence-corrected chi connectivity index (χ2v) is 6.05. The minimum Gasteiger partial charge on any atom is -0.305 e. The first-order chi connectivity index (χ1) is 10.2. The normalized spacial score (nSPS) is 11.0. The molecule has 3 rings (SSSR count). The third-order valence-electron chi connectivity index (χ3n) is 3.18. The maximum absolute atomic E-state index is 6.06. The van der Waals surface area contributed by atoms with Crippen molar-refractivity contribution in [1.82, 2.24) is 4.98 Å². The Balaban J connectivity index is 1.66. The predicted octanol–water partition coefficient (Wildman–Crippen LogP) is 5.42. The van der Waals surface area contributed by atoms with E-state index in [0.29, 0.717) is 11.8 Å². The van der Waals surface area contributed by atoms with Crippen molar-refractivity contribution in [2.45, 2.75) is 18.4 Å². The molecule has 106 valence electrons. The average Bonchev–Trinajstić information content (AvgIpc) is 2.49. The van der Waals surface area contributed by atoms with E-state index >= 15 is 0 Å². The molecule has 0 saturated heterocycles. The first-order valence-corrected chi connectivity index (χ1v) is 7.73. The second kappa shape index (κ2) is 6.48. The lowest BCUT2D eigenvalue weighted by Gasteiger charge is -2.05. The summed E-state index contributed by atoms with van der Waals surface area (Å²) in [5, 5.41) is 2.58. The Hall–Kier alpha value is -1.55. The van der Waals surface area contributed by atoms with Crippen molar-refractivity contribution in [2.24, 2.45) is 0 Å². The highest BCUT2D eigenvalue weighted by Gasteiger charge is 2.02. The Morgan fingerprint density at radius 3 is 2.71 bits per heavy atom. The summed E-state index contributed by atoms with van der Waals surface area (Å²) in [4.78, 5) is 5.18. The van der Waals surface area contributed by atoms with Gasteiger partial charge in [-0.2, -0.15) is 0 Å². The van der Waals surface area contributed by atoms with Crippen LogP contribution in [0, 0.1) is 6.92 Å². The van der Waals surface area contributed by atoms with Gasteiger partial charge in [-0.15, -0.1) is 0 Å². The highest BCUT2D eigenvalue weighted by atomic mass is 35.5. The lowest BCUT2D eigenvalue weighted by molar-refractivity contribution is 0.364. The molecule has 1 heterocycles. The minimum absolute atomic E-state index is 0.536. The molecule has 0 amide bonds. The number of aromatic nitrogens is 1. The maximum Gasteiger partial charge on any atom is 0.136 e. The Morgan fingerprint density at radius 2 is 1.90 bits per heavy atom. The van der Waals surface area contributed by atoms with E-state index in [4.69, 9.17) is 15.8 Å². The molecule has 21 heavy (non-hydrogen) atoms. The molecule has 0 aliphatic carbocycles. The summed E-state index contributed by atoms with van der Waals surface area (Å²) in [6.45, 7) is 2.62. The van der Waals surface area contributed by atoms with Crippen molar-refractivity contribution in [2.75, 3.05) is 0 Å². The molecule has 2 aromatic carbocycles. The van der Waals surface area contributed by atoms with E-state index in [0.717, 1.165) is 21.2 Å². The van der Waals surface area contributed by atoms with Gasteiger partial charge in [0.25, 0.3) is 0 Å². The number of aryl methyl sites for hydroxylation is 1. The summed E-state index contributed by atoms with van der Waals surface area (Å²) in [5.74, 6) is 0. The van der Waals surface area contributed by atoms with E-state index < -0.39 is 0 Å². The van der Waals surface area contributed by atoms with Crippen molar-refractivity contribution in [3.8, 4) is 0 Å². The zero-order valence-corrected chi connectivity index (χ0v) is 13.1. The van der Waals surface area contributed by atoms with Crippen molar-refractivity contribution in [3.05, 3.63) is 71.0 Å². The first-order valence-electron chi connectivity index (χ1n) is 6.62. The third kappa shape index (κ3) is 3.56. The van der Waals surface area contributed by atoms with Gasteiger partial charge in [0.15, 0.2) is 0 Å². The summed E-state index contributed by atoms with van der Waals surface area (Å²) >= 11 is 7.45. The smallest absolute Gasteiger partial charge is 0.136 e. The van der Waals surface area contributed by atoms with Gasteiger partial charge in [-0.05, 0) is 42.1 Å². The van der Waals surface area contributed by atoms with Gasteiger partial charge in [-0.3, -0.25) is 0 Å². The molecule has 0 atom stereocenters. The molecule has 2 nitrogen and oxygen atoms in total. The van der Waals surface area contributed by atoms with E-state index in [1.165, 1.54) is 17.6 Å². The summed E-state index contributed by atoms with van der Waals surface area (Å²) < 4.78 is 5.69. The van der Waals surface area contributed by atoms with Gasteiger partial charge >= 0.3 is 0 Å². The monoisotopic (exact) mass is 315 g/mol. The molecule has 0 radical (unpaired) electrons. The zero-order valence-electron chi connectivity index (χ0n) is 11.5. The fraction of sp³-hybridized carbons (Fsp3) is 0.118. The van der Waals surface area contributed by atoms with Gasteiger partial charge in [0, 0.05) is 28.5 Å². The number of hydrogen-bond acceptors (Lipinski definition) is 3. The van der Waals surface area contributed by atoms with Crippen LogP contribution in [0.15, 0.2) is 59.6 Å². The third-order valence-corrected chi connectivity index (χ3v) is 4.18. The number of rotatable bonds is 4. The van der Waals surface area contributed by atoms with Crippen LogP contribution in [0.1, 0.15) is 11.1 Å². The topological polar surface area (TPSA) is 22.1 Å². The number of nitrogens with zero attached hydrogens (tertiary/aromatic N) is 1. The van der Waals surface area contributed by atoms with Crippen LogP contribution in [-0.2, 0) is 10.8 Å². The van der Waals surface area contributed by atoms with E-state index in [9.17, 15) is 0 Å². The van der Waals surface area contributed by atoms with Gasteiger partial charge < -0.3 is 4.18 Å². The fourth-order valence-corrected chi connectivity index (χ4v) is 2.85. The van der Waals surface area contributed by atoms with Crippen molar-refractivity contribution in [3.63, 3.8) is 0 Å². The van der Waals surface area contributed by atoms with E-state index in [2.05, 4.69) is 42.2 Å². The summed E-state index contributed by atoms with van der Waals surface area (Å²) in [6, 6.07) is 16.3. The largest absolute Gasteiger partial charge is 0.305 e. The standard InChI is InChI=1S/C17H14ClNOS/c1-12-2-5-15(6-3-12)21-20-11-13-4-7-16-14(10-13)8-9-19-17(16)18/h2-10H,11H2,1H3.